The summed E-state index contributed by atoms with van der Waals surface area (Å²) in [6, 6.07) is 6.27. The van der Waals surface area contributed by atoms with Gasteiger partial charge in [-0.05, 0) is 51.4 Å². The van der Waals surface area contributed by atoms with Crippen LogP contribution in [0.3, 0.4) is 0 Å². The van der Waals surface area contributed by atoms with E-state index in [1.807, 2.05) is 17.0 Å². The SMILES string of the molecule is CN1CCC[C@H]1[C@H]1CCCN1C(=O)c1cc(-c2ccco2)[nH]n1. The lowest BCUT2D eigenvalue weighted by atomic mass is 10.0. The highest BCUT2D eigenvalue weighted by Gasteiger charge is 2.39. The molecule has 2 aliphatic rings. The molecule has 1 amide bonds. The molecular weight excluding hydrogens is 292 g/mol. The van der Waals surface area contributed by atoms with Gasteiger partial charge in [-0.25, -0.2) is 0 Å². The van der Waals surface area contributed by atoms with Crippen molar-refractivity contribution in [1.82, 2.24) is 20.0 Å². The molecule has 23 heavy (non-hydrogen) atoms. The molecule has 2 aromatic rings. The molecule has 2 aromatic heterocycles. The molecule has 4 heterocycles. The van der Waals surface area contributed by atoms with Crippen LogP contribution in [0.4, 0.5) is 0 Å². The fourth-order valence-corrected chi connectivity index (χ4v) is 4.00. The van der Waals surface area contributed by atoms with Crippen molar-refractivity contribution in [2.75, 3.05) is 20.1 Å². The third kappa shape index (κ3) is 2.57. The van der Waals surface area contributed by atoms with Crippen molar-refractivity contribution >= 4 is 5.91 Å². The van der Waals surface area contributed by atoms with Gasteiger partial charge in [0.2, 0.25) is 0 Å². The molecule has 4 rings (SSSR count). The molecule has 6 nitrogen and oxygen atoms in total. The zero-order valence-electron chi connectivity index (χ0n) is 13.4. The van der Waals surface area contributed by atoms with Crippen molar-refractivity contribution in [3.05, 3.63) is 30.2 Å². The Kier molecular flexibility index (Phi) is 3.69. The highest BCUT2D eigenvalue weighted by molar-refractivity contribution is 5.93. The average molecular weight is 314 g/mol. The Hall–Kier alpha value is -2.08. The zero-order chi connectivity index (χ0) is 15.8. The van der Waals surface area contributed by atoms with E-state index in [1.165, 1.54) is 12.8 Å². The minimum atomic E-state index is 0.0295. The molecule has 0 spiro atoms. The van der Waals surface area contributed by atoms with Gasteiger partial charge in [0.1, 0.15) is 5.69 Å². The number of carbonyl (C=O) groups excluding carboxylic acids is 1. The number of aromatic nitrogens is 2. The Morgan fingerprint density at radius 2 is 2.13 bits per heavy atom. The van der Waals surface area contributed by atoms with Crippen molar-refractivity contribution in [3.63, 3.8) is 0 Å². The fourth-order valence-electron chi connectivity index (χ4n) is 4.00. The highest BCUT2D eigenvalue weighted by atomic mass is 16.3. The Bertz CT molecular complexity index is 679. The van der Waals surface area contributed by atoms with Crippen molar-refractivity contribution in [2.24, 2.45) is 0 Å². The van der Waals surface area contributed by atoms with Crippen molar-refractivity contribution in [2.45, 2.75) is 37.8 Å². The number of likely N-dealkylation sites (tertiary alicyclic amines) is 2. The number of carbonyl (C=O) groups is 1. The summed E-state index contributed by atoms with van der Waals surface area (Å²) in [6.45, 7) is 1.96. The van der Waals surface area contributed by atoms with E-state index >= 15 is 0 Å². The van der Waals surface area contributed by atoms with Gasteiger partial charge >= 0.3 is 0 Å². The highest BCUT2D eigenvalue weighted by Crippen LogP contribution is 2.30. The third-order valence-corrected chi connectivity index (χ3v) is 5.16. The van der Waals surface area contributed by atoms with Crippen LogP contribution < -0.4 is 0 Å². The van der Waals surface area contributed by atoms with E-state index in [4.69, 9.17) is 4.42 Å². The Balaban J connectivity index is 1.54. The monoisotopic (exact) mass is 314 g/mol. The number of hydrogen-bond acceptors (Lipinski definition) is 4. The van der Waals surface area contributed by atoms with Crippen LogP contribution in [0.2, 0.25) is 0 Å². The standard InChI is InChI=1S/C17H22N4O2/c1-20-8-2-5-14(20)15-6-3-9-21(15)17(22)13-11-12(18-19-13)16-7-4-10-23-16/h4,7,10-11,14-15H,2-3,5-6,8-9H2,1H3,(H,18,19)/t14-,15+/m0/s1. The summed E-state index contributed by atoms with van der Waals surface area (Å²) >= 11 is 0. The van der Waals surface area contributed by atoms with Gasteiger partial charge in [-0.15, -0.1) is 0 Å². The van der Waals surface area contributed by atoms with E-state index in [9.17, 15) is 4.79 Å². The summed E-state index contributed by atoms with van der Waals surface area (Å²) in [5.74, 6) is 0.729. The lowest BCUT2D eigenvalue weighted by Crippen LogP contribution is -2.47. The van der Waals surface area contributed by atoms with Gasteiger partial charge in [0.25, 0.3) is 5.91 Å². The van der Waals surface area contributed by atoms with Gasteiger partial charge in [0.15, 0.2) is 11.5 Å². The first-order valence-electron chi connectivity index (χ1n) is 8.34. The summed E-state index contributed by atoms with van der Waals surface area (Å²) in [5, 5.41) is 7.11. The zero-order valence-corrected chi connectivity index (χ0v) is 13.4. The molecule has 122 valence electrons. The number of H-pyrrole nitrogens is 1. The second kappa shape index (κ2) is 5.85. The largest absolute Gasteiger partial charge is 0.463 e. The summed E-state index contributed by atoms with van der Waals surface area (Å²) in [7, 11) is 2.17. The lowest BCUT2D eigenvalue weighted by molar-refractivity contribution is 0.0658. The van der Waals surface area contributed by atoms with Crippen LogP contribution in [-0.4, -0.2) is 58.1 Å². The van der Waals surface area contributed by atoms with E-state index in [1.54, 1.807) is 12.3 Å². The van der Waals surface area contributed by atoms with Crippen molar-refractivity contribution in [3.8, 4) is 11.5 Å². The third-order valence-electron chi connectivity index (χ3n) is 5.16. The maximum atomic E-state index is 12.9. The number of furan rings is 1. The Labute approximate surface area is 135 Å². The number of nitrogens with one attached hydrogen (secondary N) is 1. The van der Waals surface area contributed by atoms with E-state index in [2.05, 4.69) is 22.1 Å². The van der Waals surface area contributed by atoms with Crippen LogP contribution in [0.5, 0.6) is 0 Å². The van der Waals surface area contributed by atoms with Crippen LogP contribution in [0.1, 0.15) is 36.2 Å². The molecule has 2 aliphatic heterocycles. The van der Waals surface area contributed by atoms with Gasteiger partial charge in [-0.2, -0.15) is 5.10 Å². The van der Waals surface area contributed by atoms with Gasteiger partial charge in [-0.1, -0.05) is 0 Å². The number of nitrogens with zero attached hydrogens (tertiary/aromatic N) is 3. The van der Waals surface area contributed by atoms with E-state index in [-0.39, 0.29) is 5.91 Å². The van der Waals surface area contributed by atoms with Crippen molar-refractivity contribution < 1.29 is 9.21 Å². The van der Waals surface area contributed by atoms with Crippen LogP contribution in [0.25, 0.3) is 11.5 Å². The average Bonchev–Trinajstić information content (AvgIpc) is 3.31. The topological polar surface area (TPSA) is 65.4 Å². The van der Waals surface area contributed by atoms with Gasteiger partial charge < -0.3 is 14.2 Å². The molecule has 0 bridgehead atoms. The second-order valence-corrected chi connectivity index (χ2v) is 6.54. The first-order chi connectivity index (χ1) is 11.2. The Morgan fingerprint density at radius 3 is 2.87 bits per heavy atom. The smallest absolute Gasteiger partial charge is 0.274 e. The second-order valence-electron chi connectivity index (χ2n) is 6.54. The molecule has 6 heteroatoms. The molecule has 2 saturated heterocycles. The minimum Gasteiger partial charge on any atom is -0.463 e. The van der Waals surface area contributed by atoms with Crippen LogP contribution in [0.15, 0.2) is 28.9 Å². The summed E-state index contributed by atoms with van der Waals surface area (Å²) in [4.78, 5) is 17.3. The number of hydrogen-bond donors (Lipinski definition) is 1. The quantitative estimate of drug-likeness (QED) is 0.944. The predicted molar refractivity (Wildman–Crippen MR) is 86.0 cm³/mol. The van der Waals surface area contributed by atoms with Crippen LogP contribution in [-0.2, 0) is 0 Å². The summed E-state index contributed by atoms with van der Waals surface area (Å²) in [6.07, 6.45) is 6.20. The molecular formula is C17H22N4O2. The lowest BCUT2D eigenvalue weighted by Gasteiger charge is -2.32. The first kappa shape index (κ1) is 14.5. The first-order valence-corrected chi connectivity index (χ1v) is 8.34. The van der Waals surface area contributed by atoms with Gasteiger partial charge in [0, 0.05) is 24.7 Å². The maximum absolute atomic E-state index is 12.9. The molecule has 0 radical (unpaired) electrons. The molecule has 0 aromatic carbocycles. The predicted octanol–water partition coefficient (Wildman–Crippen LogP) is 2.37. The normalized spacial score (nSPS) is 25.3. The summed E-state index contributed by atoms with van der Waals surface area (Å²) < 4.78 is 5.35. The van der Waals surface area contributed by atoms with E-state index in [0.717, 1.165) is 31.6 Å². The molecule has 0 saturated carbocycles. The van der Waals surface area contributed by atoms with Gasteiger partial charge in [0.05, 0.1) is 6.26 Å². The summed E-state index contributed by atoms with van der Waals surface area (Å²) in [5.41, 5.74) is 1.22. The van der Waals surface area contributed by atoms with Crippen molar-refractivity contribution in [1.29, 1.82) is 0 Å². The van der Waals surface area contributed by atoms with E-state index < -0.39 is 0 Å². The number of rotatable bonds is 3. The Morgan fingerprint density at radius 1 is 1.30 bits per heavy atom. The molecule has 0 unspecified atom stereocenters. The van der Waals surface area contributed by atoms with E-state index in [0.29, 0.717) is 23.5 Å². The maximum Gasteiger partial charge on any atom is 0.274 e. The fraction of sp³-hybridized carbons (Fsp3) is 0.529. The number of likely N-dealkylation sites (N-methyl/N-ethyl adjacent to an activating group) is 1. The van der Waals surface area contributed by atoms with Crippen LogP contribution >= 0.6 is 0 Å². The molecule has 1 N–H and O–H groups in total. The van der Waals surface area contributed by atoms with Gasteiger partial charge in [-0.3, -0.25) is 9.89 Å². The molecule has 2 fully saturated rings. The van der Waals surface area contributed by atoms with Crippen LogP contribution in [0, 0.1) is 0 Å². The number of aromatic amines is 1. The minimum absolute atomic E-state index is 0.0295. The molecule has 0 aliphatic carbocycles. The molecule has 2 atom stereocenters. The number of amides is 1.